The maximum atomic E-state index is 13.4. The van der Waals surface area contributed by atoms with Crippen molar-refractivity contribution >= 4 is 17.6 Å². The number of nitrogens with one attached hydrogen (secondary N) is 1. The predicted molar refractivity (Wildman–Crippen MR) is 94.5 cm³/mol. The summed E-state index contributed by atoms with van der Waals surface area (Å²) in [5, 5.41) is 6.61. The summed E-state index contributed by atoms with van der Waals surface area (Å²) < 4.78 is 37.3. The molecule has 1 aromatic rings. The maximum Gasteiger partial charge on any atom is 0.335 e. The van der Waals surface area contributed by atoms with Crippen LogP contribution in [0.3, 0.4) is 0 Å². The van der Waals surface area contributed by atoms with E-state index in [4.69, 9.17) is 14.3 Å². The number of benzene rings is 1. The Balaban J connectivity index is 1.58. The molecule has 3 rings (SSSR count). The SMILES string of the molecule is CC(C)OC(=O)[C@H]1C[C@@H](NC(=O)[C@@]2(C)CC(c3cc(F)cc(F)c3)=NO2)CO1. The van der Waals surface area contributed by atoms with Gasteiger partial charge in [-0.25, -0.2) is 13.6 Å². The quantitative estimate of drug-likeness (QED) is 0.770. The van der Waals surface area contributed by atoms with E-state index >= 15 is 0 Å². The van der Waals surface area contributed by atoms with Gasteiger partial charge in [-0.3, -0.25) is 4.79 Å². The average Bonchev–Trinajstić information content (AvgIpc) is 3.21. The van der Waals surface area contributed by atoms with Crippen LogP contribution in [0.5, 0.6) is 0 Å². The lowest BCUT2D eigenvalue weighted by molar-refractivity contribution is -0.158. The van der Waals surface area contributed by atoms with Crippen molar-refractivity contribution in [2.24, 2.45) is 5.16 Å². The van der Waals surface area contributed by atoms with Crippen molar-refractivity contribution < 1.29 is 32.7 Å². The summed E-state index contributed by atoms with van der Waals surface area (Å²) >= 11 is 0. The van der Waals surface area contributed by atoms with Gasteiger partial charge in [-0.1, -0.05) is 5.16 Å². The molecule has 152 valence electrons. The molecular formula is C19H22F2N2O5. The standard InChI is InChI=1S/C19H22F2N2O5/c1-10(2)27-17(24)16-7-14(9-26-16)22-18(25)19(3)8-15(23-28-19)11-4-12(20)6-13(21)5-11/h4-6,10,14,16H,7-9H2,1-3H3,(H,22,25)/t14-,16-,19-/m1/s1. The lowest BCUT2D eigenvalue weighted by atomic mass is 9.94. The van der Waals surface area contributed by atoms with Gasteiger partial charge in [0.2, 0.25) is 5.60 Å². The first-order valence-electron chi connectivity index (χ1n) is 9.01. The van der Waals surface area contributed by atoms with Crippen LogP contribution >= 0.6 is 0 Å². The van der Waals surface area contributed by atoms with E-state index in [9.17, 15) is 18.4 Å². The first-order chi connectivity index (χ1) is 13.2. The summed E-state index contributed by atoms with van der Waals surface area (Å²) in [5.41, 5.74) is -0.832. The van der Waals surface area contributed by atoms with E-state index in [2.05, 4.69) is 10.5 Å². The molecule has 0 bridgehead atoms. The molecule has 1 fully saturated rings. The fourth-order valence-corrected chi connectivity index (χ4v) is 3.07. The topological polar surface area (TPSA) is 86.2 Å². The van der Waals surface area contributed by atoms with E-state index in [0.717, 1.165) is 18.2 Å². The van der Waals surface area contributed by atoms with Crippen LogP contribution in [0, 0.1) is 11.6 Å². The molecule has 7 nitrogen and oxygen atoms in total. The van der Waals surface area contributed by atoms with Gasteiger partial charge in [-0.05, 0) is 32.9 Å². The fraction of sp³-hybridized carbons (Fsp3) is 0.526. The van der Waals surface area contributed by atoms with Crippen LogP contribution < -0.4 is 5.32 Å². The molecule has 0 aromatic heterocycles. The van der Waals surface area contributed by atoms with E-state index < -0.39 is 35.2 Å². The van der Waals surface area contributed by atoms with E-state index in [0.29, 0.717) is 0 Å². The predicted octanol–water partition coefficient (Wildman–Crippen LogP) is 2.07. The smallest absolute Gasteiger partial charge is 0.335 e. The summed E-state index contributed by atoms with van der Waals surface area (Å²) in [4.78, 5) is 29.8. The van der Waals surface area contributed by atoms with Gasteiger partial charge >= 0.3 is 5.97 Å². The highest BCUT2D eigenvalue weighted by Crippen LogP contribution is 2.28. The first kappa shape index (κ1) is 20.2. The third kappa shape index (κ3) is 4.46. The molecule has 1 aromatic carbocycles. The Kier molecular flexibility index (Phi) is 5.64. The molecule has 2 heterocycles. The zero-order valence-electron chi connectivity index (χ0n) is 15.8. The third-order valence-electron chi connectivity index (χ3n) is 4.49. The summed E-state index contributed by atoms with van der Waals surface area (Å²) in [6, 6.07) is 2.63. The van der Waals surface area contributed by atoms with Crippen LogP contribution in [0.1, 0.15) is 39.2 Å². The third-order valence-corrected chi connectivity index (χ3v) is 4.49. The Hall–Kier alpha value is -2.55. The molecule has 1 N–H and O–H groups in total. The molecule has 28 heavy (non-hydrogen) atoms. The van der Waals surface area contributed by atoms with E-state index in [1.54, 1.807) is 13.8 Å². The van der Waals surface area contributed by atoms with Gasteiger partial charge in [-0.2, -0.15) is 0 Å². The molecular weight excluding hydrogens is 374 g/mol. The Morgan fingerprint density at radius 3 is 2.61 bits per heavy atom. The largest absolute Gasteiger partial charge is 0.461 e. The van der Waals surface area contributed by atoms with Gasteiger partial charge in [-0.15, -0.1) is 0 Å². The van der Waals surface area contributed by atoms with Crippen molar-refractivity contribution in [3.05, 3.63) is 35.4 Å². The Bertz CT molecular complexity index is 793. The summed E-state index contributed by atoms with van der Waals surface area (Å²) in [5.74, 6) is -2.39. The zero-order chi connectivity index (χ0) is 20.5. The molecule has 0 spiro atoms. The zero-order valence-corrected chi connectivity index (χ0v) is 15.8. The van der Waals surface area contributed by atoms with Gasteiger partial charge in [0, 0.05) is 24.5 Å². The van der Waals surface area contributed by atoms with Crippen LogP contribution in [0.2, 0.25) is 0 Å². The van der Waals surface area contributed by atoms with Gasteiger partial charge in [0.05, 0.1) is 24.5 Å². The average molecular weight is 396 g/mol. The van der Waals surface area contributed by atoms with E-state index in [1.807, 2.05) is 0 Å². The molecule has 0 radical (unpaired) electrons. The van der Waals surface area contributed by atoms with E-state index in [1.165, 1.54) is 6.92 Å². The molecule has 2 aliphatic heterocycles. The van der Waals surface area contributed by atoms with Crippen LogP contribution in [0.15, 0.2) is 23.4 Å². The van der Waals surface area contributed by atoms with Crippen molar-refractivity contribution in [3.8, 4) is 0 Å². The molecule has 0 unspecified atom stereocenters. The monoisotopic (exact) mass is 396 g/mol. The molecule has 0 aliphatic carbocycles. The minimum Gasteiger partial charge on any atom is -0.461 e. The van der Waals surface area contributed by atoms with Crippen LogP contribution in [-0.4, -0.2) is 48.0 Å². The lowest BCUT2D eigenvalue weighted by Gasteiger charge is -2.22. The van der Waals surface area contributed by atoms with Gasteiger partial charge in [0.25, 0.3) is 5.91 Å². The van der Waals surface area contributed by atoms with Crippen molar-refractivity contribution in [3.63, 3.8) is 0 Å². The number of carbonyl (C=O) groups is 2. The second-order valence-corrected chi connectivity index (χ2v) is 7.41. The van der Waals surface area contributed by atoms with Crippen molar-refractivity contribution in [1.82, 2.24) is 5.32 Å². The number of hydrogen-bond donors (Lipinski definition) is 1. The summed E-state index contributed by atoms with van der Waals surface area (Å²) in [6.07, 6.45) is -0.643. The van der Waals surface area contributed by atoms with Crippen LogP contribution in [0.4, 0.5) is 8.78 Å². The minimum absolute atomic E-state index is 0.0497. The van der Waals surface area contributed by atoms with Crippen LogP contribution in [-0.2, 0) is 23.9 Å². The second kappa shape index (κ2) is 7.83. The number of carbonyl (C=O) groups excluding carboxylic acids is 2. The van der Waals surface area contributed by atoms with E-state index in [-0.39, 0.29) is 42.9 Å². The molecule has 0 saturated carbocycles. The molecule has 3 atom stereocenters. The Morgan fingerprint density at radius 1 is 1.29 bits per heavy atom. The fourth-order valence-electron chi connectivity index (χ4n) is 3.07. The number of nitrogens with zero attached hydrogens (tertiary/aromatic N) is 1. The second-order valence-electron chi connectivity index (χ2n) is 7.41. The number of oxime groups is 1. The van der Waals surface area contributed by atoms with Crippen molar-refractivity contribution in [1.29, 1.82) is 0 Å². The summed E-state index contributed by atoms with van der Waals surface area (Å²) in [6.45, 7) is 5.19. The van der Waals surface area contributed by atoms with Gasteiger partial charge in [0.1, 0.15) is 11.6 Å². The number of rotatable bonds is 5. The highest BCUT2D eigenvalue weighted by molar-refractivity contribution is 6.05. The van der Waals surface area contributed by atoms with Gasteiger partial charge in [0.15, 0.2) is 6.10 Å². The van der Waals surface area contributed by atoms with Gasteiger partial charge < -0.3 is 19.6 Å². The normalized spacial score (nSPS) is 26.7. The molecule has 2 aliphatic rings. The Morgan fingerprint density at radius 2 is 1.96 bits per heavy atom. The maximum absolute atomic E-state index is 13.4. The number of esters is 1. The van der Waals surface area contributed by atoms with Crippen molar-refractivity contribution in [2.75, 3.05) is 6.61 Å². The number of hydrogen-bond acceptors (Lipinski definition) is 6. The summed E-state index contributed by atoms with van der Waals surface area (Å²) in [7, 11) is 0. The highest BCUT2D eigenvalue weighted by atomic mass is 19.1. The molecule has 1 amide bonds. The molecule has 1 saturated heterocycles. The lowest BCUT2D eigenvalue weighted by Crippen LogP contribution is -2.49. The number of amides is 1. The minimum atomic E-state index is -1.32. The van der Waals surface area contributed by atoms with Crippen LogP contribution in [0.25, 0.3) is 0 Å². The van der Waals surface area contributed by atoms with Crippen molar-refractivity contribution in [2.45, 2.75) is 57.5 Å². The first-order valence-corrected chi connectivity index (χ1v) is 9.01. The molecule has 9 heteroatoms. The highest BCUT2D eigenvalue weighted by Gasteiger charge is 2.44. The Labute approximate surface area is 161 Å². The number of ether oxygens (including phenoxy) is 2. The number of halogens is 2.